The van der Waals surface area contributed by atoms with E-state index in [-0.39, 0.29) is 18.8 Å². The van der Waals surface area contributed by atoms with Gasteiger partial charge in [-0.25, -0.2) is 4.79 Å². The molecule has 4 nitrogen and oxygen atoms in total. The van der Waals surface area contributed by atoms with Gasteiger partial charge >= 0.3 is 5.97 Å². The summed E-state index contributed by atoms with van der Waals surface area (Å²) in [4.78, 5) is 10.7. The second-order valence-electron chi connectivity index (χ2n) is 4.61. The quantitative estimate of drug-likeness (QED) is 0.811. The Bertz CT molecular complexity index is 382. The van der Waals surface area contributed by atoms with Crippen LogP contribution in [0.1, 0.15) is 18.4 Å². The van der Waals surface area contributed by atoms with E-state index in [0.717, 1.165) is 5.56 Å². The van der Waals surface area contributed by atoms with Crippen molar-refractivity contribution in [1.29, 1.82) is 0 Å². The summed E-state index contributed by atoms with van der Waals surface area (Å²) < 4.78 is 5.49. The Labute approximate surface area is 99.8 Å². The number of hydrogen-bond donors (Lipinski definition) is 2. The van der Waals surface area contributed by atoms with Gasteiger partial charge in [0.2, 0.25) is 0 Å². The van der Waals surface area contributed by atoms with Crippen LogP contribution in [0, 0.1) is 5.92 Å². The number of ether oxygens (including phenoxy) is 1. The first-order valence-electron chi connectivity index (χ1n) is 5.67. The van der Waals surface area contributed by atoms with Crippen molar-refractivity contribution >= 4 is 5.97 Å². The first kappa shape index (κ1) is 12.1. The molecule has 17 heavy (non-hydrogen) atoms. The molecule has 1 aliphatic carbocycles. The first-order valence-corrected chi connectivity index (χ1v) is 5.67. The predicted octanol–water partition coefficient (Wildman–Crippen LogP) is 1.43. The van der Waals surface area contributed by atoms with Crippen molar-refractivity contribution in [3.63, 3.8) is 0 Å². The minimum Gasteiger partial charge on any atom is -0.479 e. The number of carboxylic acids is 1. The van der Waals surface area contributed by atoms with Crippen LogP contribution >= 0.6 is 0 Å². The molecule has 0 spiro atoms. The fourth-order valence-corrected chi connectivity index (χ4v) is 2.11. The number of aliphatic carboxylic acids is 1. The van der Waals surface area contributed by atoms with Crippen molar-refractivity contribution in [3.8, 4) is 0 Å². The monoisotopic (exact) mass is 236 g/mol. The summed E-state index contributed by atoms with van der Waals surface area (Å²) in [6, 6.07) is 9.81. The summed E-state index contributed by atoms with van der Waals surface area (Å²) in [6.07, 6.45) is 0.578. The van der Waals surface area contributed by atoms with Crippen LogP contribution < -0.4 is 0 Å². The van der Waals surface area contributed by atoms with E-state index in [9.17, 15) is 9.90 Å². The Morgan fingerprint density at radius 2 is 2.00 bits per heavy atom. The molecule has 1 aromatic rings. The molecule has 4 heteroatoms. The highest BCUT2D eigenvalue weighted by atomic mass is 16.5. The topological polar surface area (TPSA) is 66.8 Å². The summed E-state index contributed by atoms with van der Waals surface area (Å²) in [7, 11) is 0. The van der Waals surface area contributed by atoms with Gasteiger partial charge in [-0.2, -0.15) is 0 Å². The van der Waals surface area contributed by atoms with E-state index in [1.165, 1.54) is 0 Å². The molecule has 1 saturated carbocycles. The smallest absolute Gasteiger partial charge is 0.335 e. The summed E-state index contributed by atoms with van der Waals surface area (Å²) >= 11 is 0. The van der Waals surface area contributed by atoms with E-state index in [0.29, 0.717) is 13.2 Å². The lowest BCUT2D eigenvalue weighted by molar-refractivity contribution is -0.177. The number of carboxylic acid groups (broad SMARTS) is 1. The molecule has 1 aliphatic rings. The van der Waals surface area contributed by atoms with E-state index in [1.807, 2.05) is 30.3 Å². The van der Waals surface area contributed by atoms with Crippen LogP contribution in [0.25, 0.3) is 0 Å². The van der Waals surface area contributed by atoms with E-state index < -0.39 is 11.6 Å². The Morgan fingerprint density at radius 1 is 1.35 bits per heavy atom. The third-order valence-corrected chi connectivity index (χ3v) is 3.12. The molecule has 2 N–H and O–H groups in total. The molecule has 0 aromatic heterocycles. The highest BCUT2D eigenvalue weighted by Crippen LogP contribution is 2.38. The molecule has 0 heterocycles. The molecule has 0 unspecified atom stereocenters. The van der Waals surface area contributed by atoms with Crippen molar-refractivity contribution in [2.24, 2.45) is 5.92 Å². The van der Waals surface area contributed by atoms with Crippen LogP contribution in [0.5, 0.6) is 0 Å². The van der Waals surface area contributed by atoms with Crippen LogP contribution in [-0.2, 0) is 16.1 Å². The van der Waals surface area contributed by atoms with Crippen molar-refractivity contribution in [2.45, 2.75) is 25.0 Å². The molecule has 0 atom stereocenters. The zero-order valence-corrected chi connectivity index (χ0v) is 9.50. The molecule has 0 radical (unpaired) electrons. The SMILES string of the molecule is O=C(O)C1(O)CC(COCc2ccccc2)C1. The summed E-state index contributed by atoms with van der Waals surface area (Å²) in [5.41, 5.74) is -0.416. The van der Waals surface area contributed by atoms with Crippen molar-refractivity contribution < 1.29 is 19.7 Å². The van der Waals surface area contributed by atoms with Gasteiger partial charge in [0.15, 0.2) is 5.60 Å². The average Bonchev–Trinajstić information content (AvgIpc) is 2.27. The van der Waals surface area contributed by atoms with Gasteiger partial charge in [0.05, 0.1) is 13.2 Å². The lowest BCUT2D eigenvalue weighted by Crippen LogP contribution is -2.51. The zero-order chi connectivity index (χ0) is 12.3. The minimum atomic E-state index is -1.51. The average molecular weight is 236 g/mol. The molecule has 2 rings (SSSR count). The van der Waals surface area contributed by atoms with Crippen molar-refractivity contribution in [2.75, 3.05) is 6.61 Å². The zero-order valence-electron chi connectivity index (χ0n) is 9.50. The van der Waals surface area contributed by atoms with Gasteiger partial charge in [-0.05, 0) is 24.3 Å². The fraction of sp³-hybridized carbons (Fsp3) is 0.462. The molecule has 0 saturated heterocycles. The summed E-state index contributed by atoms with van der Waals surface area (Å²) in [6.45, 7) is 1.04. The lowest BCUT2D eigenvalue weighted by Gasteiger charge is -2.39. The van der Waals surface area contributed by atoms with E-state index in [4.69, 9.17) is 9.84 Å². The van der Waals surface area contributed by atoms with Crippen molar-refractivity contribution in [3.05, 3.63) is 35.9 Å². The Morgan fingerprint density at radius 3 is 2.59 bits per heavy atom. The molecule has 92 valence electrons. The maximum absolute atomic E-state index is 10.7. The van der Waals surface area contributed by atoms with Crippen molar-refractivity contribution in [1.82, 2.24) is 0 Å². The lowest BCUT2D eigenvalue weighted by atomic mass is 9.71. The molecule has 0 aliphatic heterocycles. The molecule has 0 amide bonds. The molecule has 1 fully saturated rings. The summed E-state index contributed by atoms with van der Waals surface area (Å²) in [5.74, 6) is -0.975. The third-order valence-electron chi connectivity index (χ3n) is 3.12. The second kappa shape index (κ2) is 4.85. The van der Waals surface area contributed by atoms with Gasteiger partial charge in [0, 0.05) is 0 Å². The van der Waals surface area contributed by atoms with Gasteiger partial charge in [-0.1, -0.05) is 30.3 Å². The summed E-state index contributed by atoms with van der Waals surface area (Å²) in [5, 5.41) is 18.2. The van der Waals surface area contributed by atoms with Crippen LogP contribution in [0.2, 0.25) is 0 Å². The number of rotatable bonds is 5. The Hall–Kier alpha value is -1.39. The normalized spacial score (nSPS) is 27.5. The number of aliphatic hydroxyl groups is 1. The largest absolute Gasteiger partial charge is 0.479 e. The van der Waals surface area contributed by atoms with Gasteiger partial charge in [0.1, 0.15) is 0 Å². The Balaban J connectivity index is 1.67. The van der Waals surface area contributed by atoms with E-state index in [1.54, 1.807) is 0 Å². The molecular weight excluding hydrogens is 220 g/mol. The van der Waals surface area contributed by atoms with Crippen LogP contribution in [-0.4, -0.2) is 28.4 Å². The van der Waals surface area contributed by atoms with Crippen LogP contribution in [0.15, 0.2) is 30.3 Å². The van der Waals surface area contributed by atoms with Gasteiger partial charge in [-0.15, -0.1) is 0 Å². The number of hydrogen-bond acceptors (Lipinski definition) is 3. The van der Waals surface area contributed by atoms with Gasteiger partial charge < -0.3 is 14.9 Å². The number of benzene rings is 1. The molecular formula is C13H16O4. The van der Waals surface area contributed by atoms with E-state index in [2.05, 4.69) is 0 Å². The first-order chi connectivity index (χ1) is 8.10. The van der Waals surface area contributed by atoms with Crippen LogP contribution in [0.3, 0.4) is 0 Å². The maximum atomic E-state index is 10.7. The van der Waals surface area contributed by atoms with Gasteiger partial charge in [0.25, 0.3) is 0 Å². The molecule has 1 aromatic carbocycles. The highest BCUT2D eigenvalue weighted by molar-refractivity contribution is 5.78. The fourth-order valence-electron chi connectivity index (χ4n) is 2.11. The standard InChI is InChI=1S/C13H16O4/c14-12(15)13(16)6-11(7-13)9-17-8-10-4-2-1-3-5-10/h1-5,11,16H,6-9H2,(H,14,15). The van der Waals surface area contributed by atoms with Gasteiger partial charge in [-0.3, -0.25) is 0 Å². The van der Waals surface area contributed by atoms with Crippen LogP contribution in [0.4, 0.5) is 0 Å². The number of carbonyl (C=O) groups is 1. The van der Waals surface area contributed by atoms with E-state index >= 15 is 0 Å². The highest BCUT2D eigenvalue weighted by Gasteiger charge is 2.48. The molecule has 0 bridgehead atoms. The Kier molecular flexibility index (Phi) is 3.45. The third kappa shape index (κ3) is 2.84. The predicted molar refractivity (Wildman–Crippen MR) is 61.4 cm³/mol. The second-order valence-corrected chi connectivity index (χ2v) is 4.61. The maximum Gasteiger partial charge on any atom is 0.335 e. The minimum absolute atomic E-state index is 0.153.